The first kappa shape index (κ1) is 21.6. The highest BCUT2D eigenvalue weighted by molar-refractivity contribution is 5.84. The topological polar surface area (TPSA) is 94.8 Å². The maximum atomic E-state index is 12.1. The molecule has 3 N–H and O–H groups in total. The molecule has 142 valence electrons. The molecule has 1 saturated carbocycles. The SMILES string of the molecule is CCCCC[C@@H](O)/C=C/[C@@H]1[C@@H](O)CC(=O)[C@@H]1C/C=C\CCCC(=O)O. The van der Waals surface area contributed by atoms with Crippen LogP contribution in [-0.4, -0.2) is 39.3 Å². The van der Waals surface area contributed by atoms with Gasteiger partial charge in [-0.2, -0.15) is 0 Å². The Morgan fingerprint density at radius 1 is 1.28 bits per heavy atom. The third kappa shape index (κ3) is 8.45. The largest absolute Gasteiger partial charge is 0.481 e. The zero-order valence-electron chi connectivity index (χ0n) is 15.1. The quantitative estimate of drug-likeness (QED) is 0.370. The van der Waals surface area contributed by atoms with Gasteiger partial charge in [0.1, 0.15) is 5.78 Å². The van der Waals surface area contributed by atoms with Gasteiger partial charge in [0.05, 0.1) is 12.2 Å². The molecule has 0 unspecified atom stereocenters. The molecule has 0 radical (unpaired) electrons. The number of carbonyl (C=O) groups is 2. The highest BCUT2D eigenvalue weighted by atomic mass is 16.4. The third-order valence-corrected chi connectivity index (χ3v) is 4.71. The molecule has 0 amide bonds. The van der Waals surface area contributed by atoms with Gasteiger partial charge in [-0.25, -0.2) is 0 Å². The predicted molar refractivity (Wildman–Crippen MR) is 97.1 cm³/mol. The Hall–Kier alpha value is -1.46. The molecule has 0 aliphatic heterocycles. The summed E-state index contributed by atoms with van der Waals surface area (Å²) in [6, 6.07) is 0. The molecule has 0 heterocycles. The fraction of sp³-hybridized carbons (Fsp3) is 0.700. The zero-order valence-corrected chi connectivity index (χ0v) is 15.1. The minimum atomic E-state index is -0.801. The smallest absolute Gasteiger partial charge is 0.303 e. The van der Waals surface area contributed by atoms with Crippen LogP contribution in [0, 0.1) is 11.8 Å². The summed E-state index contributed by atoms with van der Waals surface area (Å²) in [5, 5.41) is 28.7. The number of ketones is 1. The minimum absolute atomic E-state index is 0.0535. The molecule has 0 bridgehead atoms. The first-order chi connectivity index (χ1) is 12.0. The monoisotopic (exact) mass is 352 g/mol. The van der Waals surface area contributed by atoms with Crippen molar-refractivity contribution in [2.75, 3.05) is 0 Å². The molecule has 0 aromatic heterocycles. The van der Waals surface area contributed by atoms with Crippen molar-refractivity contribution in [2.45, 2.75) is 76.9 Å². The van der Waals surface area contributed by atoms with E-state index in [0.717, 1.165) is 19.3 Å². The van der Waals surface area contributed by atoms with E-state index < -0.39 is 18.2 Å². The van der Waals surface area contributed by atoms with E-state index in [9.17, 15) is 19.8 Å². The van der Waals surface area contributed by atoms with E-state index in [1.165, 1.54) is 0 Å². The Balaban J connectivity index is 2.48. The number of hydrogen-bond donors (Lipinski definition) is 3. The first-order valence-corrected chi connectivity index (χ1v) is 9.39. The van der Waals surface area contributed by atoms with Gasteiger partial charge in [-0.1, -0.05) is 50.5 Å². The Bertz CT molecular complexity index is 469. The van der Waals surface area contributed by atoms with E-state index in [1.54, 1.807) is 12.2 Å². The molecular formula is C20H32O5. The van der Waals surface area contributed by atoms with Crippen molar-refractivity contribution < 1.29 is 24.9 Å². The van der Waals surface area contributed by atoms with E-state index in [-0.39, 0.29) is 30.5 Å². The van der Waals surface area contributed by atoms with Crippen LogP contribution in [-0.2, 0) is 9.59 Å². The van der Waals surface area contributed by atoms with Crippen LogP contribution in [0.4, 0.5) is 0 Å². The second-order valence-electron chi connectivity index (χ2n) is 6.86. The summed E-state index contributed by atoms with van der Waals surface area (Å²) in [4.78, 5) is 22.5. The van der Waals surface area contributed by atoms with Gasteiger partial charge in [0.2, 0.25) is 0 Å². The number of aliphatic carboxylic acids is 1. The highest BCUT2D eigenvalue weighted by Crippen LogP contribution is 2.33. The number of hydrogen-bond acceptors (Lipinski definition) is 4. The summed E-state index contributed by atoms with van der Waals surface area (Å²) in [6.45, 7) is 2.11. The molecule has 1 rings (SSSR count). The molecule has 4 atom stereocenters. The molecule has 5 heteroatoms. The van der Waals surface area contributed by atoms with E-state index in [2.05, 4.69) is 6.92 Å². The summed E-state index contributed by atoms with van der Waals surface area (Å²) < 4.78 is 0. The Morgan fingerprint density at radius 3 is 2.72 bits per heavy atom. The number of aliphatic hydroxyl groups excluding tert-OH is 2. The van der Waals surface area contributed by atoms with Crippen molar-refractivity contribution in [1.29, 1.82) is 0 Å². The van der Waals surface area contributed by atoms with E-state index in [4.69, 9.17) is 5.11 Å². The minimum Gasteiger partial charge on any atom is -0.481 e. The van der Waals surface area contributed by atoms with Gasteiger partial charge in [0.15, 0.2) is 0 Å². The molecule has 0 spiro atoms. The van der Waals surface area contributed by atoms with Crippen molar-refractivity contribution in [2.24, 2.45) is 11.8 Å². The summed E-state index contributed by atoms with van der Waals surface area (Å²) >= 11 is 0. The lowest BCUT2D eigenvalue weighted by Crippen LogP contribution is -2.18. The van der Waals surface area contributed by atoms with Crippen LogP contribution in [0.3, 0.4) is 0 Å². The molecule has 1 fully saturated rings. The van der Waals surface area contributed by atoms with E-state index in [1.807, 2.05) is 12.2 Å². The number of unbranched alkanes of at least 4 members (excludes halogenated alkanes) is 3. The van der Waals surface area contributed by atoms with Gasteiger partial charge in [-0.3, -0.25) is 9.59 Å². The maximum absolute atomic E-state index is 12.1. The predicted octanol–water partition coefficient (Wildman–Crippen LogP) is 3.25. The average molecular weight is 352 g/mol. The lowest BCUT2D eigenvalue weighted by molar-refractivity contribution is -0.137. The Kier molecular flexibility index (Phi) is 10.3. The van der Waals surface area contributed by atoms with Crippen molar-refractivity contribution in [1.82, 2.24) is 0 Å². The van der Waals surface area contributed by atoms with Gasteiger partial charge in [-0.15, -0.1) is 0 Å². The Morgan fingerprint density at radius 2 is 2.04 bits per heavy atom. The standard InChI is InChI=1S/C20H32O5/c1-2-3-6-9-15(21)12-13-17-16(18(22)14-19(17)23)10-7-4-5-8-11-20(24)25/h4,7,12-13,15-17,19,21,23H,2-3,5-6,8-11,14H2,1H3,(H,24,25)/b7-4-,13-12+/t15-,16-,17+,19+/m1/s1. The number of aliphatic hydroxyl groups is 2. The summed E-state index contributed by atoms with van der Waals surface area (Å²) in [7, 11) is 0. The molecule has 0 saturated heterocycles. The van der Waals surface area contributed by atoms with Gasteiger partial charge in [0, 0.05) is 24.7 Å². The van der Waals surface area contributed by atoms with Crippen LogP contribution >= 0.6 is 0 Å². The normalized spacial score (nSPS) is 25.2. The van der Waals surface area contributed by atoms with E-state index >= 15 is 0 Å². The van der Waals surface area contributed by atoms with Crippen LogP contribution in [0.5, 0.6) is 0 Å². The first-order valence-electron chi connectivity index (χ1n) is 9.39. The third-order valence-electron chi connectivity index (χ3n) is 4.71. The van der Waals surface area contributed by atoms with Crippen LogP contribution in [0.15, 0.2) is 24.3 Å². The maximum Gasteiger partial charge on any atom is 0.303 e. The number of rotatable bonds is 12. The number of carbonyl (C=O) groups excluding carboxylic acids is 1. The second kappa shape index (κ2) is 12.0. The molecule has 25 heavy (non-hydrogen) atoms. The summed E-state index contributed by atoms with van der Waals surface area (Å²) in [5.41, 5.74) is 0. The average Bonchev–Trinajstić information content (AvgIpc) is 2.82. The molecule has 5 nitrogen and oxygen atoms in total. The fourth-order valence-electron chi connectivity index (χ4n) is 3.22. The molecule has 1 aliphatic rings. The van der Waals surface area contributed by atoms with Crippen molar-refractivity contribution in [3.05, 3.63) is 24.3 Å². The fourth-order valence-corrected chi connectivity index (χ4v) is 3.22. The molecule has 1 aliphatic carbocycles. The zero-order chi connectivity index (χ0) is 18.7. The lowest BCUT2D eigenvalue weighted by atomic mass is 9.90. The van der Waals surface area contributed by atoms with Crippen LogP contribution < -0.4 is 0 Å². The molecule has 0 aromatic carbocycles. The van der Waals surface area contributed by atoms with Crippen molar-refractivity contribution in [3.63, 3.8) is 0 Å². The summed E-state index contributed by atoms with van der Waals surface area (Å²) in [5.74, 6) is -1.26. The number of Topliss-reactive ketones (excluding diaryl/α,β-unsaturated/α-hetero) is 1. The van der Waals surface area contributed by atoms with Gasteiger partial charge < -0.3 is 15.3 Å². The number of allylic oxidation sites excluding steroid dienone is 2. The van der Waals surface area contributed by atoms with Gasteiger partial charge >= 0.3 is 5.97 Å². The van der Waals surface area contributed by atoms with E-state index in [0.29, 0.717) is 25.7 Å². The van der Waals surface area contributed by atoms with Crippen molar-refractivity contribution in [3.8, 4) is 0 Å². The van der Waals surface area contributed by atoms with Crippen molar-refractivity contribution >= 4 is 11.8 Å². The molecule has 0 aromatic rings. The number of carboxylic acids is 1. The van der Waals surface area contributed by atoms with Crippen LogP contribution in [0.2, 0.25) is 0 Å². The van der Waals surface area contributed by atoms with Gasteiger partial charge in [0.25, 0.3) is 0 Å². The molecular weight excluding hydrogens is 320 g/mol. The highest BCUT2D eigenvalue weighted by Gasteiger charge is 2.39. The second-order valence-corrected chi connectivity index (χ2v) is 6.86. The van der Waals surface area contributed by atoms with Crippen LogP contribution in [0.1, 0.15) is 64.7 Å². The van der Waals surface area contributed by atoms with Crippen LogP contribution in [0.25, 0.3) is 0 Å². The number of carboxylic acid groups (broad SMARTS) is 1. The summed E-state index contributed by atoms with van der Waals surface area (Å²) in [6.07, 6.45) is 12.1. The lowest BCUT2D eigenvalue weighted by Gasteiger charge is -2.16. The Labute approximate surface area is 150 Å². The van der Waals surface area contributed by atoms with Gasteiger partial charge in [-0.05, 0) is 25.7 Å².